The maximum absolute atomic E-state index is 13.7. The fourth-order valence-electron chi connectivity index (χ4n) is 4.48. The Morgan fingerprint density at radius 1 is 1.07 bits per heavy atom. The average Bonchev–Trinajstić information content (AvgIpc) is 3.06. The molecule has 0 bridgehead atoms. The summed E-state index contributed by atoms with van der Waals surface area (Å²) in [6, 6.07) is 10.3. The number of fused-ring (bicyclic) bond motifs is 2. The summed E-state index contributed by atoms with van der Waals surface area (Å²) in [6.07, 6.45) is 4.58. The quantitative estimate of drug-likeness (QED) is 0.825. The van der Waals surface area contributed by atoms with Crippen LogP contribution in [-0.2, 0) is 35.2 Å². The number of ether oxygens (including phenoxy) is 1. The van der Waals surface area contributed by atoms with Gasteiger partial charge in [0.2, 0.25) is 0 Å². The van der Waals surface area contributed by atoms with Gasteiger partial charge in [-0.15, -0.1) is 0 Å². The number of hydrogen-bond donors (Lipinski definition) is 1. The largest absolute Gasteiger partial charge is 0.464 e. The second kappa shape index (κ2) is 7.38. The van der Waals surface area contributed by atoms with Gasteiger partial charge in [-0.1, -0.05) is 18.2 Å². The van der Waals surface area contributed by atoms with Gasteiger partial charge < -0.3 is 10.1 Å². The number of carbonyl (C=O) groups is 2. The number of amides is 1. The summed E-state index contributed by atoms with van der Waals surface area (Å²) in [4.78, 5) is 26.1. The van der Waals surface area contributed by atoms with E-state index in [0.717, 1.165) is 42.4 Å². The number of carbonyl (C=O) groups excluding carboxylic acids is 2. The number of nitrogens with one attached hydrogen (secondary N) is 1. The van der Waals surface area contributed by atoms with E-state index in [1.165, 1.54) is 17.7 Å². The first-order valence-electron chi connectivity index (χ1n) is 9.90. The third-order valence-electron chi connectivity index (χ3n) is 5.81. The standard InChI is InChI=1S/C23H24FNO3/c1-2-28-22(27)23(13-16-10-11-18(24)12-17(16)14-23)25-21(26)20-9-5-7-15-6-3-4-8-19(15)20/h5,7,9-12H,2-4,6,8,13-14H2,1H3,(H,25,26). The van der Waals surface area contributed by atoms with Gasteiger partial charge >= 0.3 is 5.97 Å². The molecule has 146 valence electrons. The summed E-state index contributed by atoms with van der Waals surface area (Å²) in [5, 5.41) is 2.97. The summed E-state index contributed by atoms with van der Waals surface area (Å²) in [6.45, 7) is 1.96. The van der Waals surface area contributed by atoms with Crippen molar-refractivity contribution in [1.29, 1.82) is 0 Å². The normalized spacial score (nSPS) is 20.2. The van der Waals surface area contributed by atoms with E-state index in [9.17, 15) is 14.0 Å². The Morgan fingerprint density at radius 3 is 2.68 bits per heavy atom. The van der Waals surface area contributed by atoms with Gasteiger partial charge in [0, 0.05) is 18.4 Å². The molecule has 0 aliphatic heterocycles. The van der Waals surface area contributed by atoms with Gasteiger partial charge in [0.05, 0.1) is 6.61 Å². The third-order valence-corrected chi connectivity index (χ3v) is 5.81. The lowest BCUT2D eigenvalue weighted by Crippen LogP contribution is -2.56. The van der Waals surface area contributed by atoms with Crippen molar-refractivity contribution in [3.05, 3.63) is 70.0 Å². The number of aryl methyl sites for hydroxylation is 1. The molecule has 0 saturated carbocycles. The van der Waals surface area contributed by atoms with Crippen molar-refractivity contribution in [2.45, 2.75) is 51.0 Å². The van der Waals surface area contributed by atoms with Crippen molar-refractivity contribution >= 4 is 11.9 Å². The molecule has 4 rings (SSSR count). The van der Waals surface area contributed by atoms with E-state index >= 15 is 0 Å². The van der Waals surface area contributed by atoms with E-state index in [1.54, 1.807) is 13.0 Å². The first kappa shape index (κ1) is 18.7. The minimum Gasteiger partial charge on any atom is -0.464 e. The fourth-order valence-corrected chi connectivity index (χ4v) is 4.48. The molecule has 0 radical (unpaired) electrons. The van der Waals surface area contributed by atoms with Crippen LogP contribution in [0.2, 0.25) is 0 Å². The van der Waals surface area contributed by atoms with Crippen LogP contribution in [0.4, 0.5) is 4.39 Å². The van der Waals surface area contributed by atoms with Crippen LogP contribution >= 0.6 is 0 Å². The molecule has 0 heterocycles. The molecule has 4 nitrogen and oxygen atoms in total. The maximum Gasteiger partial charge on any atom is 0.332 e. The number of esters is 1. The van der Waals surface area contributed by atoms with Gasteiger partial charge in [0.1, 0.15) is 11.4 Å². The second-order valence-electron chi connectivity index (χ2n) is 7.67. The number of hydrogen-bond acceptors (Lipinski definition) is 3. The van der Waals surface area contributed by atoms with E-state index in [0.29, 0.717) is 12.0 Å². The molecule has 0 saturated heterocycles. The summed E-state index contributed by atoms with van der Waals surface area (Å²) in [5.41, 5.74) is 3.32. The lowest BCUT2D eigenvalue weighted by atomic mass is 9.87. The Balaban J connectivity index is 1.66. The molecule has 2 aromatic carbocycles. The van der Waals surface area contributed by atoms with Crippen LogP contribution in [0.15, 0.2) is 36.4 Å². The van der Waals surface area contributed by atoms with Crippen LogP contribution < -0.4 is 5.32 Å². The van der Waals surface area contributed by atoms with E-state index < -0.39 is 11.5 Å². The van der Waals surface area contributed by atoms with Crippen LogP contribution in [0.5, 0.6) is 0 Å². The highest BCUT2D eigenvalue weighted by molar-refractivity contribution is 6.00. The Labute approximate surface area is 164 Å². The lowest BCUT2D eigenvalue weighted by Gasteiger charge is -2.29. The van der Waals surface area contributed by atoms with E-state index in [4.69, 9.17) is 4.74 Å². The summed E-state index contributed by atoms with van der Waals surface area (Å²) in [7, 11) is 0. The van der Waals surface area contributed by atoms with Gasteiger partial charge in [0.25, 0.3) is 5.91 Å². The maximum atomic E-state index is 13.7. The van der Waals surface area contributed by atoms with Crippen molar-refractivity contribution in [2.75, 3.05) is 6.61 Å². The SMILES string of the molecule is CCOC(=O)C1(NC(=O)c2cccc3c2CCCC3)Cc2ccc(F)cc2C1. The van der Waals surface area contributed by atoms with Crippen molar-refractivity contribution in [2.24, 2.45) is 0 Å². The first-order chi connectivity index (χ1) is 13.5. The summed E-state index contributed by atoms with van der Waals surface area (Å²) < 4.78 is 19.0. The molecule has 0 fully saturated rings. The van der Waals surface area contributed by atoms with Crippen LogP contribution in [0, 0.1) is 5.82 Å². The number of benzene rings is 2. The topological polar surface area (TPSA) is 55.4 Å². The monoisotopic (exact) mass is 381 g/mol. The van der Waals surface area contributed by atoms with Crippen molar-refractivity contribution < 1.29 is 18.7 Å². The van der Waals surface area contributed by atoms with E-state index in [1.807, 2.05) is 12.1 Å². The molecule has 5 heteroatoms. The highest BCUT2D eigenvalue weighted by atomic mass is 19.1. The van der Waals surface area contributed by atoms with Crippen LogP contribution in [0.3, 0.4) is 0 Å². The summed E-state index contributed by atoms with van der Waals surface area (Å²) in [5.74, 6) is -1.08. The van der Waals surface area contributed by atoms with Crippen molar-refractivity contribution in [3.63, 3.8) is 0 Å². The fraction of sp³-hybridized carbons (Fsp3) is 0.391. The number of halogens is 1. The predicted octanol–water partition coefficient (Wildman–Crippen LogP) is 3.54. The number of rotatable bonds is 4. The highest BCUT2D eigenvalue weighted by Crippen LogP contribution is 2.33. The van der Waals surface area contributed by atoms with Gasteiger partial charge in [0.15, 0.2) is 0 Å². The Hall–Kier alpha value is -2.69. The minimum atomic E-state index is -1.19. The Morgan fingerprint density at radius 2 is 1.86 bits per heavy atom. The molecule has 2 aliphatic carbocycles. The molecule has 0 spiro atoms. The Bertz CT molecular complexity index is 939. The molecule has 0 aromatic heterocycles. The average molecular weight is 381 g/mol. The predicted molar refractivity (Wildman–Crippen MR) is 104 cm³/mol. The highest BCUT2D eigenvalue weighted by Gasteiger charge is 2.47. The van der Waals surface area contributed by atoms with Crippen LogP contribution in [0.1, 0.15) is 52.4 Å². The van der Waals surface area contributed by atoms with Gasteiger partial charge in [-0.25, -0.2) is 9.18 Å². The third kappa shape index (κ3) is 3.30. The Kier molecular flexibility index (Phi) is 4.92. The van der Waals surface area contributed by atoms with E-state index in [-0.39, 0.29) is 24.8 Å². The zero-order chi connectivity index (χ0) is 19.7. The van der Waals surface area contributed by atoms with Crippen LogP contribution in [0.25, 0.3) is 0 Å². The second-order valence-corrected chi connectivity index (χ2v) is 7.67. The molecule has 28 heavy (non-hydrogen) atoms. The molecule has 2 aliphatic rings. The van der Waals surface area contributed by atoms with Crippen molar-refractivity contribution in [3.8, 4) is 0 Å². The van der Waals surface area contributed by atoms with Gasteiger partial charge in [-0.2, -0.15) is 0 Å². The molecule has 1 amide bonds. The molecular formula is C23H24FNO3. The minimum absolute atomic E-state index is 0.224. The van der Waals surface area contributed by atoms with E-state index in [2.05, 4.69) is 11.4 Å². The lowest BCUT2D eigenvalue weighted by molar-refractivity contribution is -0.150. The van der Waals surface area contributed by atoms with Crippen LogP contribution in [-0.4, -0.2) is 24.0 Å². The zero-order valence-corrected chi connectivity index (χ0v) is 16.0. The molecule has 1 unspecified atom stereocenters. The molecular weight excluding hydrogens is 357 g/mol. The summed E-state index contributed by atoms with van der Waals surface area (Å²) >= 11 is 0. The zero-order valence-electron chi connectivity index (χ0n) is 16.0. The molecule has 1 N–H and O–H groups in total. The van der Waals surface area contributed by atoms with Gasteiger partial charge in [-0.05, 0) is 73.1 Å². The molecule has 1 atom stereocenters. The van der Waals surface area contributed by atoms with Crippen molar-refractivity contribution in [1.82, 2.24) is 5.32 Å². The smallest absolute Gasteiger partial charge is 0.332 e. The first-order valence-corrected chi connectivity index (χ1v) is 9.90. The molecule has 2 aromatic rings. The van der Waals surface area contributed by atoms with Gasteiger partial charge in [-0.3, -0.25) is 4.79 Å².